The van der Waals surface area contributed by atoms with E-state index in [0.29, 0.717) is 5.39 Å². The number of carbonyl (C=O) groups excluding carboxylic acids is 1. The predicted molar refractivity (Wildman–Crippen MR) is 104 cm³/mol. The lowest BCUT2D eigenvalue weighted by Gasteiger charge is -2.21. The summed E-state index contributed by atoms with van der Waals surface area (Å²) in [5.41, 5.74) is 2.37. The Morgan fingerprint density at radius 2 is 1.89 bits per heavy atom. The Morgan fingerprint density at radius 1 is 1.18 bits per heavy atom. The highest BCUT2D eigenvalue weighted by atomic mass is 19.1. The number of aromatic amines is 1. The molecule has 3 aromatic rings. The molecule has 2 aromatic carbocycles. The number of H-pyrrole nitrogens is 1. The normalized spacial score (nSPS) is 15.1. The molecule has 0 saturated carbocycles. The highest BCUT2D eigenvalue weighted by molar-refractivity contribution is 5.87. The molecule has 1 saturated heterocycles. The molecular formula is C21H20FN3O3. The van der Waals surface area contributed by atoms with E-state index in [1.165, 1.54) is 24.3 Å². The van der Waals surface area contributed by atoms with Gasteiger partial charge in [-0.3, -0.25) is 14.9 Å². The third-order valence-corrected chi connectivity index (χ3v) is 5.39. The van der Waals surface area contributed by atoms with Gasteiger partial charge in [-0.15, -0.1) is 0 Å². The second kappa shape index (κ2) is 7.42. The minimum atomic E-state index is -0.432. The molecule has 28 heavy (non-hydrogen) atoms. The lowest BCUT2D eigenvalue weighted by atomic mass is 9.87. The maximum absolute atomic E-state index is 13.4. The zero-order chi connectivity index (χ0) is 19.7. The monoisotopic (exact) mass is 381 g/mol. The minimum absolute atomic E-state index is 0.00271. The molecule has 1 aliphatic heterocycles. The van der Waals surface area contributed by atoms with Crippen LogP contribution in [0.4, 0.5) is 10.1 Å². The van der Waals surface area contributed by atoms with Crippen molar-refractivity contribution < 1.29 is 14.1 Å². The van der Waals surface area contributed by atoms with Crippen LogP contribution in [-0.2, 0) is 4.79 Å². The molecule has 1 fully saturated rings. The van der Waals surface area contributed by atoms with Crippen LogP contribution in [0.3, 0.4) is 0 Å². The van der Waals surface area contributed by atoms with E-state index in [4.69, 9.17) is 0 Å². The maximum Gasteiger partial charge on any atom is 0.270 e. The third-order valence-electron chi connectivity index (χ3n) is 5.39. The molecule has 6 nitrogen and oxygen atoms in total. The second-order valence-corrected chi connectivity index (χ2v) is 7.13. The summed E-state index contributed by atoms with van der Waals surface area (Å²) in [6, 6.07) is 10.7. The third kappa shape index (κ3) is 3.47. The number of nitro benzene ring substituents is 1. The Morgan fingerprint density at radius 3 is 2.57 bits per heavy atom. The van der Waals surface area contributed by atoms with Crippen LogP contribution in [0.15, 0.2) is 48.7 Å². The molecule has 1 aromatic heterocycles. The first-order chi connectivity index (χ1) is 13.5. The average Bonchev–Trinajstić information content (AvgIpc) is 3.36. The Labute approximate surface area is 161 Å². The number of halogens is 1. The standard InChI is InChI=1S/C21H20FN3O3/c22-15-5-3-14(4-6-15)17(12-21(26)24-9-1-2-10-24)19-13-23-20-8-7-16(25(27)28)11-18(19)20/h3-8,11,13,17,23H,1-2,9-10,12H2/t17-/m1/s1. The Balaban J connectivity index is 1.77. The lowest BCUT2D eigenvalue weighted by molar-refractivity contribution is -0.384. The summed E-state index contributed by atoms with van der Waals surface area (Å²) in [4.78, 5) is 28.6. The largest absolute Gasteiger partial charge is 0.361 e. The number of nitrogens with one attached hydrogen (secondary N) is 1. The number of hydrogen-bond acceptors (Lipinski definition) is 3. The number of benzene rings is 2. The summed E-state index contributed by atoms with van der Waals surface area (Å²) in [5, 5.41) is 11.9. The number of amides is 1. The summed E-state index contributed by atoms with van der Waals surface area (Å²) in [5.74, 6) is -0.612. The molecule has 7 heteroatoms. The fourth-order valence-electron chi connectivity index (χ4n) is 3.90. The number of nitrogens with zero attached hydrogens (tertiary/aromatic N) is 2. The Bertz CT molecular complexity index is 1020. The molecule has 0 aliphatic carbocycles. The highest BCUT2D eigenvalue weighted by Crippen LogP contribution is 2.35. The van der Waals surface area contributed by atoms with Crippen LogP contribution >= 0.6 is 0 Å². The van der Waals surface area contributed by atoms with Crippen molar-refractivity contribution in [3.63, 3.8) is 0 Å². The Hall–Kier alpha value is -3.22. The van der Waals surface area contributed by atoms with Gasteiger partial charge in [-0.05, 0) is 42.2 Å². The van der Waals surface area contributed by atoms with Crippen LogP contribution in [0.1, 0.15) is 36.3 Å². The van der Waals surface area contributed by atoms with Crippen molar-refractivity contribution in [3.05, 3.63) is 75.7 Å². The van der Waals surface area contributed by atoms with Crippen molar-refractivity contribution in [1.82, 2.24) is 9.88 Å². The van der Waals surface area contributed by atoms with Crippen LogP contribution in [0.25, 0.3) is 10.9 Å². The predicted octanol–water partition coefficient (Wildman–Crippen LogP) is 4.36. The van der Waals surface area contributed by atoms with Crippen molar-refractivity contribution in [1.29, 1.82) is 0 Å². The van der Waals surface area contributed by atoms with Gasteiger partial charge in [-0.2, -0.15) is 0 Å². The first kappa shape index (κ1) is 18.2. The SMILES string of the molecule is O=C(C[C@H](c1ccc(F)cc1)c1c[nH]c2ccc([N+](=O)[O-])cc12)N1CCCC1. The first-order valence-electron chi connectivity index (χ1n) is 9.31. The summed E-state index contributed by atoms with van der Waals surface area (Å²) in [6.07, 6.45) is 4.04. The fourth-order valence-corrected chi connectivity index (χ4v) is 3.90. The molecule has 0 unspecified atom stereocenters. The van der Waals surface area contributed by atoms with E-state index >= 15 is 0 Å². The van der Waals surface area contributed by atoms with E-state index in [9.17, 15) is 19.3 Å². The summed E-state index contributed by atoms with van der Waals surface area (Å²) in [7, 11) is 0. The van der Waals surface area contributed by atoms with Gasteiger partial charge >= 0.3 is 0 Å². The van der Waals surface area contributed by atoms with E-state index in [0.717, 1.165) is 42.6 Å². The summed E-state index contributed by atoms with van der Waals surface area (Å²) >= 11 is 0. The van der Waals surface area contributed by atoms with E-state index in [2.05, 4.69) is 4.98 Å². The molecule has 0 radical (unpaired) electrons. The molecule has 1 amide bonds. The molecule has 144 valence electrons. The first-order valence-corrected chi connectivity index (χ1v) is 9.31. The Kier molecular flexibility index (Phi) is 4.81. The van der Waals surface area contributed by atoms with Gasteiger partial charge in [0.2, 0.25) is 5.91 Å². The molecule has 2 heterocycles. The number of hydrogen-bond donors (Lipinski definition) is 1. The van der Waals surface area contributed by atoms with E-state index in [-0.39, 0.29) is 29.8 Å². The van der Waals surface area contributed by atoms with Gasteiger partial charge in [0.15, 0.2) is 0 Å². The van der Waals surface area contributed by atoms with Gasteiger partial charge < -0.3 is 9.88 Å². The molecule has 4 rings (SSSR count). The van der Waals surface area contributed by atoms with Gasteiger partial charge in [0.05, 0.1) is 4.92 Å². The van der Waals surface area contributed by atoms with E-state index in [1.54, 1.807) is 24.4 Å². The maximum atomic E-state index is 13.4. The molecule has 0 bridgehead atoms. The van der Waals surface area contributed by atoms with E-state index < -0.39 is 4.92 Å². The van der Waals surface area contributed by atoms with Crippen molar-refractivity contribution in [2.75, 3.05) is 13.1 Å². The van der Waals surface area contributed by atoms with Gasteiger partial charge in [-0.25, -0.2) is 4.39 Å². The number of non-ortho nitro benzene ring substituents is 1. The van der Waals surface area contributed by atoms with Crippen molar-refractivity contribution >= 4 is 22.5 Å². The highest BCUT2D eigenvalue weighted by Gasteiger charge is 2.26. The van der Waals surface area contributed by atoms with Gasteiger partial charge in [0, 0.05) is 54.7 Å². The van der Waals surface area contributed by atoms with Crippen LogP contribution in [0.2, 0.25) is 0 Å². The average molecular weight is 381 g/mol. The number of nitro groups is 1. The zero-order valence-electron chi connectivity index (χ0n) is 15.2. The van der Waals surface area contributed by atoms with Crippen LogP contribution in [0, 0.1) is 15.9 Å². The number of likely N-dealkylation sites (tertiary alicyclic amines) is 1. The van der Waals surface area contributed by atoms with Crippen LogP contribution < -0.4 is 0 Å². The van der Waals surface area contributed by atoms with Crippen LogP contribution in [-0.4, -0.2) is 33.8 Å². The van der Waals surface area contributed by atoms with Crippen LogP contribution in [0.5, 0.6) is 0 Å². The fraction of sp³-hybridized carbons (Fsp3) is 0.286. The minimum Gasteiger partial charge on any atom is -0.361 e. The molecule has 0 spiro atoms. The molecule has 1 atom stereocenters. The van der Waals surface area contributed by atoms with Crippen molar-refractivity contribution in [2.45, 2.75) is 25.2 Å². The smallest absolute Gasteiger partial charge is 0.270 e. The van der Waals surface area contributed by atoms with E-state index in [1.807, 2.05) is 4.90 Å². The van der Waals surface area contributed by atoms with Gasteiger partial charge in [-0.1, -0.05) is 12.1 Å². The molecule has 1 N–H and O–H groups in total. The van der Waals surface area contributed by atoms with Gasteiger partial charge in [0.1, 0.15) is 5.82 Å². The quantitative estimate of drug-likeness (QED) is 0.527. The lowest BCUT2D eigenvalue weighted by Crippen LogP contribution is -2.29. The van der Waals surface area contributed by atoms with Gasteiger partial charge in [0.25, 0.3) is 5.69 Å². The summed E-state index contributed by atoms with van der Waals surface area (Å²) < 4.78 is 13.4. The number of aromatic nitrogens is 1. The number of carbonyl (C=O) groups is 1. The molecular weight excluding hydrogens is 361 g/mol. The van der Waals surface area contributed by atoms with Crippen molar-refractivity contribution in [2.24, 2.45) is 0 Å². The zero-order valence-corrected chi connectivity index (χ0v) is 15.2. The number of fused-ring (bicyclic) bond motifs is 1. The number of rotatable bonds is 5. The molecule has 1 aliphatic rings. The second-order valence-electron chi connectivity index (χ2n) is 7.13. The van der Waals surface area contributed by atoms with Crippen molar-refractivity contribution in [3.8, 4) is 0 Å². The summed E-state index contributed by atoms with van der Waals surface area (Å²) in [6.45, 7) is 1.52. The topological polar surface area (TPSA) is 79.2 Å².